The second kappa shape index (κ2) is 8.08. The molecule has 0 saturated carbocycles. The molecule has 2 aromatic carbocycles. The van der Waals surface area contributed by atoms with E-state index in [1.165, 1.54) is 6.92 Å². The van der Waals surface area contributed by atoms with Crippen LogP contribution in [0.4, 0.5) is 5.69 Å². The number of carbonyl (C=O) groups is 2. The smallest absolute Gasteiger partial charge is 0.339 e. The first kappa shape index (κ1) is 19.4. The van der Waals surface area contributed by atoms with Crippen LogP contribution in [-0.4, -0.2) is 18.8 Å². The zero-order valence-electron chi connectivity index (χ0n) is 16.0. The minimum Gasteiger partial charge on any atom is -0.497 e. The normalized spacial score (nSPS) is 10.7. The van der Waals surface area contributed by atoms with Crippen LogP contribution in [0.15, 0.2) is 51.7 Å². The molecule has 6 heteroatoms. The van der Waals surface area contributed by atoms with E-state index in [1.54, 1.807) is 43.5 Å². The van der Waals surface area contributed by atoms with Crippen molar-refractivity contribution in [3.8, 4) is 5.75 Å². The third kappa shape index (κ3) is 4.11. The van der Waals surface area contributed by atoms with E-state index in [-0.39, 0.29) is 24.5 Å². The highest BCUT2D eigenvalue weighted by Crippen LogP contribution is 2.24. The van der Waals surface area contributed by atoms with Crippen LogP contribution in [0, 0.1) is 6.92 Å². The maximum absolute atomic E-state index is 12.4. The maximum Gasteiger partial charge on any atom is 0.339 e. The van der Waals surface area contributed by atoms with E-state index >= 15 is 0 Å². The third-order valence-corrected chi connectivity index (χ3v) is 4.65. The Balaban J connectivity index is 1.76. The molecule has 0 saturated heterocycles. The van der Waals surface area contributed by atoms with E-state index in [0.29, 0.717) is 28.1 Å². The summed E-state index contributed by atoms with van der Waals surface area (Å²) in [4.78, 5) is 36.1. The van der Waals surface area contributed by atoms with Crippen LogP contribution in [-0.2, 0) is 11.2 Å². The van der Waals surface area contributed by atoms with E-state index in [1.807, 2.05) is 13.0 Å². The number of benzene rings is 2. The van der Waals surface area contributed by atoms with Gasteiger partial charge in [-0.3, -0.25) is 9.59 Å². The molecule has 0 aliphatic carbocycles. The summed E-state index contributed by atoms with van der Waals surface area (Å²) in [5, 5.41) is 3.57. The Morgan fingerprint density at radius 1 is 1.14 bits per heavy atom. The summed E-state index contributed by atoms with van der Waals surface area (Å²) in [6, 6.07) is 12.1. The molecule has 3 rings (SSSR count). The first-order chi connectivity index (χ1) is 13.4. The van der Waals surface area contributed by atoms with Crippen molar-refractivity contribution < 1.29 is 18.7 Å². The van der Waals surface area contributed by atoms with Gasteiger partial charge in [-0.05, 0) is 50.1 Å². The molecule has 0 bridgehead atoms. The van der Waals surface area contributed by atoms with Crippen molar-refractivity contribution in [2.45, 2.75) is 26.7 Å². The summed E-state index contributed by atoms with van der Waals surface area (Å²) >= 11 is 0. The minimum absolute atomic E-state index is 0.0721. The Kier molecular flexibility index (Phi) is 5.59. The number of ether oxygens (including phenoxy) is 1. The lowest BCUT2D eigenvalue weighted by Crippen LogP contribution is -2.16. The molecule has 1 heterocycles. The standard InChI is InChI=1S/C22H21NO5/c1-13-18-8-7-17(27-3)12-20(18)28-22(26)19(13)9-10-21(25)23-16-6-4-5-15(11-16)14(2)24/h4-8,11-12H,9-10H2,1-3H3,(H,23,25). The lowest BCUT2D eigenvalue weighted by Gasteiger charge is -2.09. The van der Waals surface area contributed by atoms with Crippen molar-refractivity contribution in [3.63, 3.8) is 0 Å². The molecular weight excluding hydrogens is 358 g/mol. The number of rotatable bonds is 6. The first-order valence-corrected chi connectivity index (χ1v) is 8.90. The van der Waals surface area contributed by atoms with Crippen LogP contribution in [0.5, 0.6) is 5.75 Å². The van der Waals surface area contributed by atoms with Crippen LogP contribution in [0.2, 0.25) is 0 Å². The molecule has 0 aliphatic heterocycles. The summed E-state index contributed by atoms with van der Waals surface area (Å²) < 4.78 is 10.6. The summed E-state index contributed by atoms with van der Waals surface area (Å²) in [5.74, 6) is 0.293. The number of aryl methyl sites for hydroxylation is 1. The molecule has 0 spiro atoms. The molecule has 1 aromatic heterocycles. The van der Waals surface area contributed by atoms with Gasteiger partial charge >= 0.3 is 5.63 Å². The van der Waals surface area contributed by atoms with Gasteiger partial charge in [-0.15, -0.1) is 0 Å². The molecular formula is C22H21NO5. The van der Waals surface area contributed by atoms with Gasteiger partial charge in [0.2, 0.25) is 5.91 Å². The highest BCUT2D eigenvalue weighted by molar-refractivity contribution is 5.97. The fraction of sp³-hybridized carbons (Fsp3) is 0.227. The van der Waals surface area contributed by atoms with Gasteiger partial charge in [0.05, 0.1) is 7.11 Å². The number of methoxy groups -OCH3 is 1. The molecule has 28 heavy (non-hydrogen) atoms. The van der Waals surface area contributed by atoms with Gasteiger partial charge in [0.15, 0.2) is 5.78 Å². The van der Waals surface area contributed by atoms with Crippen molar-refractivity contribution in [1.29, 1.82) is 0 Å². The van der Waals surface area contributed by atoms with E-state index in [4.69, 9.17) is 9.15 Å². The Morgan fingerprint density at radius 3 is 2.64 bits per heavy atom. The van der Waals surface area contributed by atoms with Gasteiger partial charge in [-0.2, -0.15) is 0 Å². The molecule has 0 unspecified atom stereocenters. The number of anilines is 1. The van der Waals surface area contributed by atoms with Crippen LogP contribution in [0.3, 0.4) is 0 Å². The van der Waals surface area contributed by atoms with E-state index in [2.05, 4.69) is 5.32 Å². The van der Waals surface area contributed by atoms with Gasteiger partial charge in [-0.1, -0.05) is 12.1 Å². The highest BCUT2D eigenvalue weighted by Gasteiger charge is 2.14. The molecule has 6 nitrogen and oxygen atoms in total. The number of hydrogen-bond acceptors (Lipinski definition) is 5. The number of Topliss-reactive ketones (excluding diaryl/α,β-unsaturated/α-hetero) is 1. The number of ketones is 1. The van der Waals surface area contributed by atoms with E-state index in [9.17, 15) is 14.4 Å². The molecule has 144 valence electrons. The summed E-state index contributed by atoms with van der Waals surface area (Å²) in [6.07, 6.45) is 0.381. The predicted octanol–water partition coefficient (Wildman–Crippen LogP) is 3.88. The van der Waals surface area contributed by atoms with Crippen molar-refractivity contribution in [3.05, 3.63) is 69.6 Å². The molecule has 3 aromatic rings. The summed E-state index contributed by atoms with van der Waals surface area (Å²) in [6.45, 7) is 3.31. The van der Waals surface area contributed by atoms with Crippen molar-refractivity contribution in [1.82, 2.24) is 0 Å². The van der Waals surface area contributed by atoms with Crippen LogP contribution in [0.25, 0.3) is 11.0 Å². The largest absolute Gasteiger partial charge is 0.497 e. The van der Waals surface area contributed by atoms with Crippen LogP contribution in [0.1, 0.15) is 34.8 Å². The lowest BCUT2D eigenvalue weighted by molar-refractivity contribution is -0.116. The number of carbonyl (C=O) groups excluding carboxylic acids is 2. The van der Waals surface area contributed by atoms with Crippen LogP contribution >= 0.6 is 0 Å². The van der Waals surface area contributed by atoms with Gasteiger partial charge in [-0.25, -0.2) is 4.79 Å². The van der Waals surface area contributed by atoms with Gasteiger partial charge in [0.1, 0.15) is 11.3 Å². The Morgan fingerprint density at radius 2 is 1.93 bits per heavy atom. The number of nitrogens with one attached hydrogen (secondary N) is 1. The van der Waals surface area contributed by atoms with Gasteiger partial charge in [0, 0.05) is 34.7 Å². The quantitative estimate of drug-likeness (QED) is 0.519. The minimum atomic E-state index is -0.454. The lowest BCUT2D eigenvalue weighted by atomic mass is 10.0. The average molecular weight is 379 g/mol. The van der Waals surface area contributed by atoms with Crippen molar-refractivity contribution >= 4 is 28.3 Å². The van der Waals surface area contributed by atoms with Crippen LogP contribution < -0.4 is 15.7 Å². The topological polar surface area (TPSA) is 85.6 Å². The summed E-state index contributed by atoms with van der Waals surface area (Å²) in [5.41, 5.74) is 2.35. The number of hydrogen-bond donors (Lipinski definition) is 1. The Labute approximate surface area is 162 Å². The third-order valence-electron chi connectivity index (χ3n) is 4.65. The monoisotopic (exact) mass is 379 g/mol. The zero-order valence-corrected chi connectivity index (χ0v) is 16.0. The van der Waals surface area contributed by atoms with Crippen molar-refractivity contribution in [2.75, 3.05) is 12.4 Å². The fourth-order valence-corrected chi connectivity index (χ4v) is 3.07. The van der Waals surface area contributed by atoms with Gasteiger partial charge < -0.3 is 14.5 Å². The molecule has 0 radical (unpaired) electrons. The van der Waals surface area contributed by atoms with E-state index in [0.717, 1.165) is 10.9 Å². The Bertz CT molecular complexity index is 1110. The predicted molar refractivity (Wildman–Crippen MR) is 107 cm³/mol. The first-order valence-electron chi connectivity index (χ1n) is 8.90. The highest BCUT2D eigenvalue weighted by atomic mass is 16.5. The van der Waals surface area contributed by atoms with Crippen molar-refractivity contribution in [2.24, 2.45) is 0 Å². The average Bonchev–Trinajstić information content (AvgIpc) is 2.67. The van der Waals surface area contributed by atoms with E-state index < -0.39 is 5.63 Å². The molecule has 0 fully saturated rings. The fourth-order valence-electron chi connectivity index (χ4n) is 3.07. The number of amides is 1. The second-order valence-corrected chi connectivity index (χ2v) is 6.54. The molecule has 0 aliphatic rings. The zero-order chi connectivity index (χ0) is 20.3. The molecule has 1 amide bonds. The maximum atomic E-state index is 12.4. The molecule has 1 N–H and O–H groups in total. The Hall–Kier alpha value is -3.41. The second-order valence-electron chi connectivity index (χ2n) is 6.54. The number of fused-ring (bicyclic) bond motifs is 1. The molecule has 0 atom stereocenters. The van der Waals surface area contributed by atoms with Gasteiger partial charge in [0.25, 0.3) is 0 Å². The SMILES string of the molecule is COc1ccc2c(C)c(CCC(=O)Nc3cccc(C(C)=O)c3)c(=O)oc2c1. The summed E-state index contributed by atoms with van der Waals surface area (Å²) in [7, 11) is 1.55.